The van der Waals surface area contributed by atoms with Crippen molar-refractivity contribution in [1.29, 1.82) is 0 Å². The molecule has 0 aromatic carbocycles. The highest BCUT2D eigenvalue weighted by atomic mass is 16.2. The van der Waals surface area contributed by atoms with E-state index in [1.807, 2.05) is 24.2 Å². The first-order valence-electron chi connectivity index (χ1n) is 6.79. The van der Waals surface area contributed by atoms with Crippen molar-refractivity contribution < 1.29 is 4.79 Å². The second kappa shape index (κ2) is 6.52. The van der Waals surface area contributed by atoms with E-state index in [-0.39, 0.29) is 5.91 Å². The normalized spacial score (nSPS) is 17.1. The van der Waals surface area contributed by atoms with Gasteiger partial charge in [0.05, 0.1) is 5.69 Å². The Kier molecular flexibility index (Phi) is 4.74. The van der Waals surface area contributed by atoms with Crippen molar-refractivity contribution in [1.82, 2.24) is 14.8 Å². The van der Waals surface area contributed by atoms with Gasteiger partial charge in [-0.1, -0.05) is 0 Å². The molecule has 1 N–H and O–H groups in total. The van der Waals surface area contributed by atoms with Gasteiger partial charge in [0.2, 0.25) is 5.91 Å². The minimum Gasteiger partial charge on any atom is -0.388 e. The predicted molar refractivity (Wildman–Crippen MR) is 75.9 cm³/mol. The van der Waals surface area contributed by atoms with Gasteiger partial charge >= 0.3 is 0 Å². The van der Waals surface area contributed by atoms with E-state index in [4.69, 9.17) is 0 Å². The van der Waals surface area contributed by atoms with Gasteiger partial charge in [-0.3, -0.25) is 14.7 Å². The molecule has 2 heterocycles. The highest BCUT2D eigenvalue weighted by molar-refractivity contribution is 5.73. The molecule has 0 saturated carbocycles. The average Bonchev–Trinajstić information content (AvgIpc) is 2.65. The molecule has 1 aromatic heterocycles. The lowest BCUT2D eigenvalue weighted by atomic mass is 10.3. The lowest BCUT2D eigenvalue weighted by Gasteiger charge is -2.20. The van der Waals surface area contributed by atoms with Gasteiger partial charge in [-0.15, -0.1) is 0 Å². The predicted octanol–water partition coefficient (Wildman–Crippen LogP) is 1.18. The highest BCUT2D eigenvalue weighted by Crippen LogP contribution is 2.11. The summed E-state index contributed by atoms with van der Waals surface area (Å²) in [4.78, 5) is 20.1. The molecule has 0 atom stereocenters. The third kappa shape index (κ3) is 3.92. The van der Waals surface area contributed by atoms with Crippen LogP contribution in [0.1, 0.15) is 19.0 Å². The number of anilines is 1. The molecule has 2 rings (SSSR count). The number of hydrogen-bond donors (Lipinski definition) is 1. The summed E-state index contributed by atoms with van der Waals surface area (Å²) in [5, 5.41) is 3.13. The maximum Gasteiger partial charge on any atom is 0.219 e. The number of pyridine rings is 1. The van der Waals surface area contributed by atoms with Crippen LogP contribution in [0.5, 0.6) is 0 Å². The summed E-state index contributed by atoms with van der Waals surface area (Å²) < 4.78 is 0. The minimum absolute atomic E-state index is 0.178. The van der Waals surface area contributed by atoms with Crippen LogP contribution in [0, 0.1) is 0 Å². The van der Waals surface area contributed by atoms with E-state index in [1.165, 1.54) is 0 Å². The Bertz CT molecular complexity index is 435. The van der Waals surface area contributed by atoms with Gasteiger partial charge in [0.25, 0.3) is 0 Å². The van der Waals surface area contributed by atoms with Gasteiger partial charge in [0.1, 0.15) is 0 Å². The Balaban J connectivity index is 1.93. The van der Waals surface area contributed by atoms with Crippen molar-refractivity contribution in [2.24, 2.45) is 0 Å². The molecule has 19 heavy (non-hydrogen) atoms. The van der Waals surface area contributed by atoms with Crippen LogP contribution in [0.15, 0.2) is 18.3 Å². The molecular formula is C14H22N4O. The number of nitrogens with one attached hydrogen (secondary N) is 1. The van der Waals surface area contributed by atoms with E-state index in [0.717, 1.165) is 50.5 Å². The van der Waals surface area contributed by atoms with Crippen molar-refractivity contribution in [3.8, 4) is 0 Å². The number of amides is 1. The van der Waals surface area contributed by atoms with Crippen LogP contribution in [0.2, 0.25) is 0 Å². The van der Waals surface area contributed by atoms with E-state index < -0.39 is 0 Å². The zero-order valence-electron chi connectivity index (χ0n) is 11.7. The van der Waals surface area contributed by atoms with Crippen molar-refractivity contribution >= 4 is 11.6 Å². The fraction of sp³-hybridized carbons (Fsp3) is 0.571. The number of rotatable bonds is 3. The fourth-order valence-corrected chi connectivity index (χ4v) is 2.39. The van der Waals surface area contributed by atoms with Gasteiger partial charge < -0.3 is 10.2 Å². The quantitative estimate of drug-likeness (QED) is 0.888. The summed E-state index contributed by atoms with van der Waals surface area (Å²) in [5.74, 6) is 0.178. The number of aromatic nitrogens is 1. The van der Waals surface area contributed by atoms with Gasteiger partial charge in [-0.05, 0) is 18.6 Å². The Hall–Kier alpha value is -1.62. The lowest BCUT2D eigenvalue weighted by molar-refractivity contribution is -0.128. The number of hydrogen-bond acceptors (Lipinski definition) is 4. The largest absolute Gasteiger partial charge is 0.388 e. The molecule has 0 unspecified atom stereocenters. The van der Waals surface area contributed by atoms with Crippen LogP contribution in [-0.2, 0) is 11.3 Å². The third-order valence-electron chi connectivity index (χ3n) is 3.52. The molecule has 1 saturated heterocycles. The van der Waals surface area contributed by atoms with E-state index in [0.29, 0.717) is 0 Å². The van der Waals surface area contributed by atoms with E-state index in [2.05, 4.69) is 21.3 Å². The average molecular weight is 262 g/mol. The van der Waals surface area contributed by atoms with Crippen molar-refractivity contribution in [3.63, 3.8) is 0 Å². The first-order chi connectivity index (χ1) is 9.19. The van der Waals surface area contributed by atoms with E-state index in [9.17, 15) is 4.79 Å². The first-order valence-corrected chi connectivity index (χ1v) is 6.79. The molecule has 0 aliphatic carbocycles. The van der Waals surface area contributed by atoms with Crippen LogP contribution >= 0.6 is 0 Å². The zero-order valence-corrected chi connectivity index (χ0v) is 11.7. The number of carbonyl (C=O) groups excluding carboxylic acids is 1. The molecule has 1 amide bonds. The maximum atomic E-state index is 11.4. The van der Waals surface area contributed by atoms with Gasteiger partial charge in [-0.2, -0.15) is 0 Å². The van der Waals surface area contributed by atoms with Crippen LogP contribution in [0.3, 0.4) is 0 Å². The summed E-state index contributed by atoms with van der Waals surface area (Å²) in [6.45, 7) is 6.13. The topological polar surface area (TPSA) is 48.5 Å². The molecule has 1 aliphatic rings. The summed E-state index contributed by atoms with van der Waals surface area (Å²) in [7, 11) is 1.91. The summed E-state index contributed by atoms with van der Waals surface area (Å²) in [6, 6.07) is 4.04. The Morgan fingerprint density at radius 1 is 1.37 bits per heavy atom. The Labute approximate surface area is 114 Å². The molecule has 0 radical (unpaired) electrons. The van der Waals surface area contributed by atoms with Gasteiger partial charge in [0.15, 0.2) is 0 Å². The standard InChI is InChI=1S/C14H22N4O/c1-12(19)18-7-3-6-17(8-9-18)11-14-10-13(15-2)4-5-16-14/h4-5,10H,3,6-9,11H2,1-2H3,(H,15,16). The number of nitrogens with zero attached hydrogens (tertiary/aromatic N) is 3. The summed E-state index contributed by atoms with van der Waals surface area (Å²) >= 11 is 0. The van der Waals surface area contributed by atoms with Crippen LogP contribution in [-0.4, -0.2) is 53.9 Å². The minimum atomic E-state index is 0.178. The van der Waals surface area contributed by atoms with Crippen LogP contribution in [0.25, 0.3) is 0 Å². The molecule has 1 aromatic rings. The third-order valence-corrected chi connectivity index (χ3v) is 3.52. The molecule has 5 heteroatoms. The zero-order chi connectivity index (χ0) is 13.7. The van der Waals surface area contributed by atoms with Crippen molar-refractivity contribution in [2.45, 2.75) is 19.9 Å². The highest BCUT2D eigenvalue weighted by Gasteiger charge is 2.16. The Morgan fingerprint density at radius 3 is 2.95 bits per heavy atom. The molecule has 1 fully saturated rings. The molecule has 5 nitrogen and oxygen atoms in total. The van der Waals surface area contributed by atoms with E-state index in [1.54, 1.807) is 6.92 Å². The Morgan fingerprint density at radius 2 is 2.21 bits per heavy atom. The second-order valence-electron chi connectivity index (χ2n) is 4.92. The summed E-state index contributed by atoms with van der Waals surface area (Å²) in [6.07, 6.45) is 2.87. The molecule has 104 valence electrons. The molecule has 1 aliphatic heterocycles. The van der Waals surface area contributed by atoms with Crippen molar-refractivity contribution in [3.05, 3.63) is 24.0 Å². The second-order valence-corrected chi connectivity index (χ2v) is 4.92. The molecule has 0 bridgehead atoms. The SMILES string of the molecule is CNc1ccnc(CN2CCCN(C(C)=O)CC2)c1. The lowest BCUT2D eigenvalue weighted by Crippen LogP contribution is -2.33. The summed E-state index contributed by atoms with van der Waals surface area (Å²) in [5.41, 5.74) is 2.16. The first kappa shape index (κ1) is 13.8. The fourth-order valence-electron chi connectivity index (χ4n) is 2.39. The van der Waals surface area contributed by atoms with Gasteiger partial charge in [0, 0.05) is 58.6 Å². The van der Waals surface area contributed by atoms with Gasteiger partial charge in [-0.25, -0.2) is 0 Å². The molecule has 0 spiro atoms. The van der Waals surface area contributed by atoms with Crippen LogP contribution < -0.4 is 5.32 Å². The van der Waals surface area contributed by atoms with E-state index >= 15 is 0 Å². The van der Waals surface area contributed by atoms with Crippen molar-refractivity contribution in [2.75, 3.05) is 38.5 Å². The smallest absolute Gasteiger partial charge is 0.219 e. The van der Waals surface area contributed by atoms with Crippen LogP contribution in [0.4, 0.5) is 5.69 Å². The number of carbonyl (C=O) groups is 1. The monoisotopic (exact) mass is 262 g/mol. The molecular weight excluding hydrogens is 240 g/mol. The maximum absolute atomic E-state index is 11.4.